The zero-order valence-corrected chi connectivity index (χ0v) is 14.8. The lowest BCUT2D eigenvalue weighted by Gasteiger charge is -2.10. The fraction of sp³-hybridized carbons (Fsp3) is 0.200. The van der Waals surface area contributed by atoms with E-state index in [1.165, 1.54) is 17.7 Å². The van der Waals surface area contributed by atoms with Gasteiger partial charge < -0.3 is 5.32 Å². The Bertz CT molecular complexity index is 1140. The van der Waals surface area contributed by atoms with Crippen molar-refractivity contribution >= 4 is 34.0 Å². The summed E-state index contributed by atoms with van der Waals surface area (Å²) in [4.78, 5) is 4.72. The molecule has 2 heterocycles. The summed E-state index contributed by atoms with van der Waals surface area (Å²) in [5.41, 5.74) is 3.55. The van der Waals surface area contributed by atoms with E-state index in [2.05, 4.69) is 22.5 Å². The lowest BCUT2D eigenvalue weighted by atomic mass is 10.1. The summed E-state index contributed by atoms with van der Waals surface area (Å²) in [6.07, 6.45) is 1.04. The highest BCUT2D eigenvalue weighted by Gasteiger charge is 2.38. The first kappa shape index (κ1) is 15.6. The molecule has 0 radical (unpaired) electrons. The van der Waals surface area contributed by atoms with Crippen LogP contribution in [0.5, 0.6) is 0 Å². The van der Waals surface area contributed by atoms with Gasteiger partial charge in [0.25, 0.3) is 0 Å². The van der Waals surface area contributed by atoms with Crippen LogP contribution in [-0.4, -0.2) is 20.6 Å². The van der Waals surface area contributed by atoms with E-state index in [1.54, 1.807) is 10.6 Å². The number of benzene rings is 2. The van der Waals surface area contributed by atoms with Crippen molar-refractivity contribution in [3.05, 3.63) is 70.6 Å². The maximum atomic E-state index is 13.8. The summed E-state index contributed by atoms with van der Waals surface area (Å²) in [6.45, 7) is 1.91. The third kappa shape index (κ3) is 2.59. The fourth-order valence-corrected chi connectivity index (χ4v) is 3.64. The van der Waals surface area contributed by atoms with Crippen LogP contribution >= 0.6 is 11.6 Å². The van der Waals surface area contributed by atoms with Gasteiger partial charge in [-0.2, -0.15) is 5.10 Å². The van der Waals surface area contributed by atoms with E-state index in [9.17, 15) is 4.39 Å². The van der Waals surface area contributed by atoms with Gasteiger partial charge in [-0.05, 0) is 43.2 Å². The number of hydrogen-bond acceptors (Lipinski definition) is 3. The Balaban J connectivity index is 1.53. The Morgan fingerprint density at radius 1 is 1.15 bits per heavy atom. The number of rotatable bonds is 3. The van der Waals surface area contributed by atoms with Gasteiger partial charge in [-0.25, -0.2) is 13.9 Å². The van der Waals surface area contributed by atoms with Gasteiger partial charge >= 0.3 is 0 Å². The molecule has 26 heavy (non-hydrogen) atoms. The van der Waals surface area contributed by atoms with Crippen LogP contribution in [0.15, 0.2) is 48.5 Å². The molecule has 1 N–H and O–H groups in total. The Labute approximate surface area is 154 Å². The standard InChI is InChI=1S/C20H16ClFN4/c1-11-8-19-24-20(15-7-6-14(22)9-18(15)26(19)25-11)23-17-10-16(17)12-2-4-13(21)5-3-12/h2-9,16-17H,10H2,1H3,(H,23,24)/t16-,17+/m1/s1. The normalized spacial score (nSPS) is 19.2. The summed E-state index contributed by atoms with van der Waals surface area (Å²) >= 11 is 5.97. The van der Waals surface area contributed by atoms with Gasteiger partial charge in [-0.1, -0.05) is 23.7 Å². The second-order valence-electron chi connectivity index (χ2n) is 6.82. The molecule has 1 fully saturated rings. The third-order valence-electron chi connectivity index (χ3n) is 4.89. The largest absolute Gasteiger partial charge is 0.366 e. The van der Waals surface area contributed by atoms with Crippen molar-refractivity contribution in [2.75, 3.05) is 5.32 Å². The SMILES string of the molecule is Cc1cc2nc(N[C@H]3C[C@@H]3c3ccc(Cl)cc3)c3ccc(F)cc3n2n1. The molecule has 1 aliphatic carbocycles. The van der Waals surface area contributed by atoms with Crippen molar-refractivity contribution in [1.82, 2.24) is 14.6 Å². The zero-order valence-electron chi connectivity index (χ0n) is 14.1. The molecule has 0 amide bonds. The Morgan fingerprint density at radius 3 is 2.77 bits per heavy atom. The molecule has 1 saturated carbocycles. The Hall–Kier alpha value is -2.66. The van der Waals surface area contributed by atoms with Gasteiger partial charge in [-0.3, -0.25) is 0 Å². The molecule has 0 unspecified atom stereocenters. The smallest absolute Gasteiger partial charge is 0.158 e. The number of aryl methyl sites for hydroxylation is 1. The Morgan fingerprint density at radius 2 is 1.96 bits per heavy atom. The van der Waals surface area contributed by atoms with Crippen molar-refractivity contribution in [3.8, 4) is 0 Å². The lowest BCUT2D eigenvalue weighted by molar-refractivity contribution is 0.629. The summed E-state index contributed by atoms with van der Waals surface area (Å²) < 4.78 is 15.5. The fourth-order valence-electron chi connectivity index (χ4n) is 3.52. The molecule has 2 aromatic carbocycles. The Kier molecular flexibility index (Phi) is 3.40. The zero-order chi connectivity index (χ0) is 17.8. The molecule has 6 heteroatoms. The molecule has 0 spiro atoms. The number of fused-ring (bicyclic) bond motifs is 3. The predicted molar refractivity (Wildman–Crippen MR) is 101 cm³/mol. The third-order valence-corrected chi connectivity index (χ3v) is 5.14. The van der Waals surface area contributed by atoms with Crippen LogP contribution in [0.25, 0.3) is 16.6 Å². The van der Waals surface area contributed by atoms with Crippen LogP contribution in [0, 0.1) is 12.7 Å². The summed E-state index contributed by atoms with van der Waals surface area (Å²) in [7, 11) is 0. The quantitative estimate of drug-likeness (QED) is 0.557. The maximum absolute atomic E-state index is 13.8. The van der Waals surface area contributed by atoms with E-state index < -0.39 is 0 Å². The van der Waals surface area contributed by atoms with E-state index in [0.717, 1.165) is 28.3 Å². The van der Waals surface area contributed by atoms with E-state index in [0.29, 0.717) is 23.1 Å². The van der Waals surface area contributed by atoms with Gasteiger partial charge in [0, 0.05) is 34.5 Å². The first-order valence-corrected chi connectivity index (χ1v) is 8.94. The van der Waals surface area contributed by atoms with Crippen LogP contribution in [-0.2, 0) is 0 Å². The van der Waals surface area contributed by atoms with Crippen LogP contribution < -0.4 is 5.32 Å². The number of anilines is 1. The molecular weight excluding hydrogens is 351 g/mol. The van der Waals surface area contributed by atoms with E-state index >= 15 is 0 Å². The number of nitrogens with one attached hydrogen (secondary N) is 1. The van der Waals surface area contributed by atoms with Crippen molar-refractivity contribution in [2.45, 2.75) is 25.3 Å². The van der Waals surface area contributed by atoms with E-state index in [4.69, 9.17) is 16.6 Å². The first-order chi connectivity index (χ1) is 12.6. The molecule has 130 valence electrons. The molecular formula is C20H16ClFN4. The first-order valence-electron chi connectivity index (χ1n) is 8.56. The topological polar surface area (TPSA) is 42.2 Å². The maximum Gasteiger partial charge on any atom is 0.158 e. The lowest BCUT2D eigenvalue weighted by Crippen LogP contribution is -2.08. The molecule has 2 aromatic heterocycles. The number of halogens is 2. The van der Waals surface area contributed by atoms with Crippen LogP contribution in [0.1, 0.15) is 23.6 Å². The van der Waals surface area contributed by atoms with Gasteiger partial charge in [0.05, 0.1) is 11.2 Å². The van der Waals surface area contributed by atoms with Gasteiger partial charge in [0.1, 0.15) is 11.6 Å². The van der Waals surface area contributed by atoms with Crippen molar-refractivity contribution in [1.29, 1.82) is 0 Å². The van der Waals surface area contributed by atoms with Gasteiger partial charge in [0.15, 0.2) is 5.65 Å². The molecule has 4 nitrogen and oxygen atoms in total. The second kappa shape index (κ2) is 5.68. The minimum absolute atomic E-state index is 0.283. The van der Waals surface area contributed by atoms with Crippen LogP contribution in [0.3, 0.4) is 0 Å². The monoisotopic (exact) mass is 366 g/mol. The van der Waals surface area contributed by atoms with Gasteiger partial charge in [-0.15, -0.1) is 0 Å². The van der Waals surface area contributed by atoms with Crippen LogP contribution in [0.2, 0.25) is 5.02 Å². The van der Waals surface area contributed by atoms with Crippen molar-refractivity contribution in [3.63, 3.8) is 0 Å². The van der Waals surface area contributed by atoms with Crippen molar-refractivity contribution < 1.29 is 4.39 Å². The molecule has 5 rings (SSSR count). The number of nitrogens with zero attached hydrogens (tertiary/aromatic N) is 3. The highest BCUT2D eigenvalue weighted by atomic mass is 35.5. The summed E-state index contributed by atoms with van der Waals surface area (Å²) in [5, 5.41) is 9.58. The molecule has 1 aliphatic rings. The minimum atomic E-state index is -0.283. The van der Waals surface area contributed by atoms with Crippen molar-refractivity contribution in [2.24, 2.45) is 0 Å². The average Bonchev–Trinajstić information content (AvgIpc) is 3.27. The predicted octanol–water partition coefficient (Wildman–Crippen LogP) is 4.95. The molecule has 0 saturated heterocycles. The highest BCUT2D eigenvalue weighted by Crippen LogP contribution is 2.43. The van der Waals surface area contributed by atoms with E-state index in [1.807, 2.05) is 25.1 Å². The average molecular weight is 367 g/mol. The summed E-state index contributed by atoms with van der Waals surface area (Å²) in [5.74, 6) is 0.927. The summed E-state index contributed by atoms with van der Waals surface area (Å²) in [6, 6.07) is 14.9. The molecule has 0 bridgehead atoms. The molecule has 0 aliphatic heterocycles. The number of aromatic nitrogens is 3. The second-order valence-corrected chi connectivity index (χ2v) is 7.26. The minimum Gasteiger partial charge on any atom is -0.366 e. The van der Waals surface area contributed by atoms with Crippen LogP contribution in [0.4, 0.5) is 10.2 Å². The van der Waals surface area contributed by atoms with E-state index in [-0.39, 0.29) is 5.82 Å². The number of hydrogen-bond donors (Lipinski definition) is 1. The van der Waals surface area contributed by atoms with Gasteiger partial charge in [0.2, 0.25) is 0 Å². The highest BCUT2D eigenvalue weighted by molar-refractivity contribution is 6.30. The molecule has 2 atom stereocenters. The molecule has 4 aromatic rings.